The molecule has 11 nitrogen and oxygen atoms in total. The lowest BCUT2D eigenvalue weighted by Gasteiger charge is -2.37. The van der Waals surface area contributed by atoms with E-state index in [4.69, 9.17) is 0 Å². The topological polar surface area (TPSA) is 123 Å². The number of urea groups is 1. The minimum atomic E-state index is -3.67. The normalized spacial score (nSPS) is 14.2. The molecule has 1 fully saturated rings. The predicted molar refractivity (Wildman–Crippen MR) is 159 cm³/mol. The first-order chi connectivity index (χ1) is 18.8. The molecular weight excluding hydrogens is 528 g/mol. The van der Waals surface area contributed by atoms with Crippen LogP contribution in [0.1, 0.15) is 26.3 Å². The Hall–Kier alpha value is -3.90. The molecule has 12 heteroatoms. The molecule has 40 heavy (non-hydrogen) atoms. The van der Waals surface area contributed by atoms with E-state index in [1.54, 1.807) is 70.2 Å². The van der Waals surface area contributed by atoms with Gasteiger partial charge in [0.15, 0.2) is 0 Å². The zero-order valence-electron chi connectivity index (χ0n) is 23.9. The van der Waals surface area contributed by atoms with Crippen molar-refractivity contribution in [3.8, 4) is 0 Å². The Kier molecular flexibility index (Phi) is 8.50. The van der Waals surface area contributed by atoms with Crippen LogP contribution in [0, 0.1) is 6.92 Å². The number of anilines is 5. The number of aryl methyl sites for hydroxylation is 1. The van der Waals surface area contributed by atoms with Gasteiger partial charge in [-0.15, -0.1) is 0 Å². The van der Waals surface area contributed by atoms with Gasteiger partial charge in [0.1, 0.15) is 5.82 Å². The first kappa shape index (κ1) is 29.1. The Bertz CT molecular complexity index is 1450. The van der Waals surface area contributed by atoms with Gasteiger partial charge in [-0.2, -0.15) is 4.98 Å². The molecule has 2 aromatic carbocycles. The van der Waals surface area contributed by atoms with Crippen molar-refractivity contribution in [2.75, 3.05) is 55.8 Å². The molecule has 2 amide bonds. The maximum Gasteiger partial charge on any atom is 0.319 e. The standard InChI is InChI=1S/C28H38N8O3S/c1-20-19-29-26(32-25(20)30-22-8-7-9-24(18-22)40(38,39)33-28(2,3)4)31-21-10-12-23(13-11-21)35-14-16-36(17-15-35)27(37)34(5)6/h7-13,18-19,33H,14-17H2,1-6H3,(H2,29,30,31,32). The van der Waals surface area contributed by atoms with Crippen molar-refractivity contribution in [2.45, 2.75) is 38.1 Å². The molecule has 214 valence electrons. The number of nitrogens with zero attached hydrogens (tertiary/aromatic N) is 5. The van der Waals surface area contributed by atoms with Crippen LogP contribution < -0.4 is 20.3 Å². The second kappa shape index (κ2) is 11.7. The highest BCUT2D eigenvalue weighted by Crippen LogP contribution is 2.25. The number of hydrogen-bond donors (Lipinski definition) is 3. The monoisotopic (exact) mass is 566 g/mol. The third-order valence-corrected chi connectivity index (χ3v) is 8.00. The summed E-state index contributed by atoms with van der Waals surface area (Å²) in [6, 6.07) is 14.7. The van der Waals surface area contributed by atoms with E-state index in [1.165, 1.54) is 0 Å². The van der Waals surface area contributed by atoms with Gasteiger partial charge in [-0.25, -0.2) is 22.9 Å². The molecule has 0 unspecified atom stereocenters. The van der Waals surface area contributed by atoms with Crippen molar-refractivity contribution >= 4 is 44.9 Å². The van der Waals surface area contributed by atoms with E-state index in [2.05, 4.69) is 30.2 Å². The van der Waals surface area contributed by atoms with Gasteiger partial charge in [-0.05, 0) is 70.2 Å². The lowest BCUT2D eigenvalue weighted by molar-refractivity contribution is 0.168. The van der Waals surface area contributed by atoms with Crippen LogP contribution in [-0.2, 0) is 10.0 Å². The second-order valence-electron chi connectivity index (χ2n) is 11.1. The maximum absolute atomic E-state index is 12.8. The summed E-state index contributed by atoms with van der Waals surface area (Å²) in [5, 5.41) is 6.46. The van der Waals surface area contributed by atoms with Crippen LogP contribution in [0.25, 0.3) is 0 Å². The molecule has 1 saturated heterocycles. The highest BCUT2D eigenvalue weighted by atomic mass is 32.2. The molecule has 0 bridgehead atoms. The van der Waals surface area contributed by atoms with Gasteiger partial charge in [-0.3, -0.25) is 0 Å². The average Bonchev–Trinajstić information content (AvgIpc) is 2.89. The minimum Gasteiger partial charge on any atom is -0.368 e. The zero-order valence-corrected chi connectivity index (χ0v) is 24.7. The number of rotatable bonds is 7. The Morgan fingerprint density at radius 2 is 1.62 bits per heavy atom. The van der Waals surface area contributed by atoms with Gasteiger partial charge in [0.25, 0.3) is 0 Å². The summed E-state index contributed by atoms with van der Waals surface area (Å²) in [6.07, 6.45) is 1.71. The SMILES string of the molecule is Cc1cnc(Nc2ccc(N3CCN(C(=O)N(C)C)CC3)cc2)nc1Nc1cccc(S(=O)(=O)NC(C)(C)C)c1. The van der Waals surface area contributed by atoms with Crippen LogP contribution in [0.2, 0.25) is 0 Å². The summed E-state index contributed by atoms with van der Waals surface area (Å²) in [5.74, 6) is 0.979. The highest BCUT2D eigenvalue weighted by Gasteiger charge is 2.23. The number of piperazine rings is 1. The molecule has 3 aromatic rings. The van der Waals surface area contributed by atoms with Crippen LogP contribution >= 0.6 is 0 Å². The number of sulfonamides is 1. The number of carbonyl (C=O) groups excluding carboxylic acids is 1. The third-order valence-electron chi connectivity index (χ3n) is 6.24. The highest BCUT2D eigenvalue weighted by molar-refractivity contribution is 7.89. The molecule has 2 heterocycles. The molecule has 1 aliphatic heterocycles. The van der Waals surface area contributed by atoms with Crippen molar-refractivity contribution in [2.24, 2.45) is 0 Å². The van der Waals surface area contributed by atoms with Crippen molar-refractivity contribution in [3.63, 3.8) is 0 Å². The van der Waals surface area contributed by atoms with Gasteiger partial charge >= 0.3 is 6.03 Å². The second-order valence-corrected chi connectivity index (χ2v) is 12.7. The van der Waals surface area contributed by atoms with Gasteiger partial charge in [0, 0.05) is 74.6 Å². The number of carbonyl (C=O) groups is 1. The molecule has 0 aliphatic carbocycles. The van der Waals surface area contributed by atoms with Crippen LogP contribution in [0.4, 0.5) is 33.6 Å². The van der Waals surface area contributed by atoms with E-state index in [0.717, 1.165) is 30.0 Å². The van der Waals surface area contributed by atoms with Crippen LogP contribution in [0.5, 0.6) is 0 Å². The Morgan fingerprint density at radius 1 is 0.950 bits per heavy atom. The van der Waals surface area contributed by atoms with Crippen molar-refractivity contribution < 1.29 is 13.2 Å². The van der Waals surface area contributed by atoms with Crippen molar-refractivity contribution in [1.82, 2.24) is 24.5 Å². The Morgan fingerprint density at radius 3 is 2.25 bits per heavy atom. The fraction of sp³-hybridized carbons (Fsp3) is 0.393. The molecule has 4 rings (SSSR count). The van der Waals surface area contributed by atoms with Crippen LogP contribution in [-0.4, -0.2) is 80.0 Å². The Balaban J connectivity index is 1.42. The predicted octanol–water partition coefficient (Wildman–Crippen LogP) is 4.15. The van der Waals surface area contributed by atoms with E-state index in [1.807, 2.05) is 36.1 Å². The molecule has 3 N–H and O–H groups in total. The summed E-state index contributed by atoms with van der Waals surface area (Å²) < 4.78 is 28.2. The molecule has 0 saturated carbocycles. The molecule has 0 atom stereocenters. The number of benzene rings is 2. The van der Waals surface area contributed by atoms with E-state index in [-0.39, 0.29) is 10.9 Å². The average molecular weight is 567 g/mol. The first-order valence-corrected chi connectivity index (χ1v) is 14.6. The van der Waals surface area contributed by atoms with Crippen LogP contribution in [0.15, 0.2) is 59.6 Å². The maximum atomic E-state index is 12.8. The quantitative estimate of drug-likeness (QED) is 0.390. The molecule has 1 aliphatic rings. The number of nitrogens with one attached hydrogen (secondary N) is 3. The van der Waals surface area contributed by atoms with Gasteiger partial charge < -0.3 is 25.3 Å². The smallest absolute Gasteiger partial charge is 0.319 e. The first-order valence-electron chi connectivity index (χ1n) is 13.1. The van der Waals surface area contributed by atoms with E-state index in [0.29, 0.717) is 30.5 Å². The molecular formula is C28H38N8O3S. The van der Waals surface area contributed by atoms with E-state index in [9.17, 15) is 13.2 Å². The summed E-state index contributed by atoms with van der Waals surface area (Å²) in [5.41, 5.74) is 2.74. The molecule has 0 radical (unpaired) electrons. The number of hydrogen-bond acceptors (Lipinski definition) is 8. The lowest BCUT2D eigenvalue weighted by atomic mass is 10.1. The summed E-state index contributed by atoms with van der Waals surface area (Å²) in [4.78, 5) is 27.1. The van der Waals surface area contributed by atoms with Gasteiger partial charge in [0.2, 0.25) is 16.0 Å². The van der Waals surface area contributed by atoms with E-state index >= 15 is 0 Å². The molecule has 0 spiro atoms. The zero-order chi connectivity index (χ0) is 29.1. The number of amides is 2. The summed E-state index contributed by atoms with van der Waals surface area (Å²) in [7, 11) is -0.128. The minimum absolute atomic E-state index is 0.0430. The summed E-state index contributed by atoms with van der Waals surface area (Å²) in [6.45, 7) is 10.2. The molecule has 1 aromatic heterocycles. The fourth-order valence-electron chi connectivity index (χ4n) is 4.29. The third kappa shape index (κ3) is 7.39. The van der Waals surface area contributed by atoms with Gasteiger partial charge in [-0.1, -0.05) is 6.07 Å². The fourth-order valence-corrected chi connectivity index (χ4v) is 5.76. The lowest BCUT2D eigenvalue weighted by Crippen LogP contribution is -2.51. The summed E-state index contributed by atoms with van der Waals surface area (Å²) >= 11 is 0. The van der Waals surface area contributed by atoms with E-state index < -0.39 is 15.6 Å². The number of aromatic nitrogens is 2. The Labute approximate surface area is 236 Å². The van der Waals surface area contributed by atoms with Crippen LogP contribution in [0.3, 0.4) is 0 Å². The largest absolute Gasteiger partial charge is 0.368 e. The van der Waals surface area contributed by atoms with Crippen molar-refractivity contribution in [1.29, 1.82) is 0 Å². The van der Waals surface area contributed by atoms with Crippen molar-refractivity contribution in [3.05, 3.63) is 60.3 Å². The van der Waals surface area contributed by atoms with Gasteiger partial charge in [0.05, 0.1) is 4.90 Å².